The minimum absolute atomic E-state index is 0.245. The van der Waals surface area contributed by atoms with Gasteiger partial charge in [-0.25, -0.2) is 4.98 Å². The first kappa shape index (κ1) is 10.9. The molecule has 102 valence electrons. The Kier molecular flexibility index (Phi) is 2.08. The molecule has 4 bridgehead atoms. The summed E-state index contributed by atoms with van der Waals surface area (Å²) in [6.45, 7) is 1.08. The molecule has 0 spiro atoms. The van der Waals surface area contributed by atoms with Crippen LogP contribution >= 0.6 is 0 Å². The molecule has 0 aromatic carbocycles. The van der Waals surface area contributed by atoms with E-state index in [1.54, 1.807) is 0 Å². The van der Waals surface area contributed by atoms with Crippen LogP contribution < -0.4 is 5.73 Å². The summed E-state index contributed by atoms with van der Waals surface area (Å²) in [4.78, 5) is 4.82. The number of hydrogen-bond acceptors (Lipinski definition) is 2. The van der Waals surface area contributed by atoms with Crippen molar-refractivity contribution in [1.82, 2.24) is 9.55 Å². The van der Waals surface area contributed by atoms with Crippen LogP contribution in [-0.2, 0) is 6.54 Å². The Morgan fingerprint density at radius 3 is 2.42 bits per heavy atom. The topological polar surface area (TPSA) is 43.8 Å². The number of aromatic nitrogens is 2. The molecule has 5 aliphatic rings. The van der Waals surface area contributed by atoms with Crippen molar-refractivity contribution in [1.29, 1.82) is 0 Å². The van der Waals surface area contributed by atoms with Gasteiger partial charge < -0.3 is 10.3 Å². The molecule has 0 amide bonds. The third-order valence-electron chi connectivity index (χ3n) is 6.48. The van der Waals surface area contributed by atoms with Crippen molar-refractivity contribution in [2.45, 2.75) is 57.0 Å². The van der Waals surface area contributed by atoms with E-state index >= 15 is 0 Å². The van der Waals surface area contributed by atoms with Crippen LogP contribution in [0.2, 0.25) is 0 Å². The molecule has 0 saturated heterocycles. The average Bonchev–Trinajstić information content (AvgIpc) is 2.93. The zero-order valence-corrected chi connectivity index (χ0v) is 11.5. The minimum Gasteiger partial charge on any atom is -0.333 e. The molecule has 0 radical (unpaired) electrons. The summed E-state index contributed by atoms with van der Waals surface area (Å²) in [6, 6.07) is 0.245. The maximum Gasteiger partial charge on any atom is 0.0952 e. The van der Waals surface area contributed by atoms with Crippen LogP contribution in [0, 0.1) is 23.7 Å². The van der Waals surface area contributed by atoms with Crippen LogP contribution in [0.5, 0.6) is 0 Å². The molecule has 1 aliphatic heterocycles. The van der Waals surface area contributed by atoms with Gasteiger partial charge >= 0.3 is 0 Å². The van der Waals surface area contributed by atoms with Gasteiger partial charge in [-0.15, -0.1) is 0 Å². The molecule has 4 saturated carbocycles. The van der Waals surface area contributed by atoms with Crippen LogP contribution in [0.1, 0.15) is 61.9 Å². The third-order valence-corrected chi connectivity index (χ3v) is 6.48. The number of rotatable bonds is 1. The molecule has 6 rings (SSSR count). The number of fused-ring (bicyclic) bond motifs is 1. The number of nitrogens with zero attached hydrogens (tertiary/aromatic N) is 2. The van der Waals surface area contributed by atoms with Gasteiger partial charge in [0.1, 0.15) is 0 Å². The molecule has 1 atom stereocenters. The molecule has 4 aliphatic carbocycles. The fraction of sp³-hybridized carbons (Fsp3) is 0.812. The van der Waals surface area contributed by atoms with Crippen molar-refractivity contribution in [2.75, 3.05) is 0 Å². The molecule has 1 aromatic heterocycles. The lowest BCUT2D eigenvalue weighted by atomic mass is 9.51. The lowest BCUT2D eigenvalue weighted by Crippen LogP contribution is -2.44. The van der Waals surface area contributed by atoms with E-state index in [9.17, 15) is 0 Å². The molecule has 4 fully saturated rings. The van der Waals surface area contributed by atoms with Crippen molar-refractivity contribution in [2.24, 2.45) is 29.4 Å². The van der Waals surface area contributed by atoms with Crippen LogP contribution in [0.3, 0.4) is 0 Å². The van der Waals surface area contributed by atoms with Gasteiger partial charge in [-0.2, -0.15) is 0 Å². The van der Waals surface area contributed by atoms with E-state index in [0.717, 1.165) is 42.6 Å². The van der Waals surface area contributed by atoms with Crippen LogP contribution in [-0.4, -0.2) is 9.55 Å². The fourth-order valence-electron chi connectivity index (χ4n) is 6.03. The van der Waals surface area contributed by atoms with Crippen LogP contribution in [0.15, 0.2) is 6.33 Å². The van der Waals surface area contributed by atoms with Gasteiger partial charge in [-0.3, -0.25) is 0 Å². The van der Waals surface area contributed by atoms with E-state index in [1.165, 1.54) is 43.5 Å². The summed E-state index contributed by atoms with van der Waals surface area (Å²) in [5, 5.41) is 0. The lowest BCUT2D eigenvalue weighted by molar-refractivity contribution is -0.00440. The number of imidazole rings is 1. The summed E-state index contributed by atoms with van der Waals surface area (Å²) in [6.07, 6.45) is 10.6. The summed E-state index contributed by atoms with van der Waals surface area (Å²) < 4.78 is 2.32. The van der Waals surface area contributed by atoms with E-state index in [0.29, 0.717) is 0 Å². The Morgan fingerprint density at radius 1 is 1.05 bits per heavy atom. The Bertz CT molecular complexity index is 490. The van der Waals surface area contributed by atoms with Gasteiger partial charge in [0.05, 0.1) is 17.7 Å². The maximum absolute atomic E-state index is 6.32. The van der Waals surface area contributed by atoms with Gasteiger partial charge in [0, 0.05) is 18.5 Å². The summed E-state index contributed by atoms with van der Waals surface area (Å²) in [7, 11) is 0. The molecule has 1 aromatic rings. The second kappa shape index (κ2) is 3.63. The van der Waals surface area contributed by atoms with E-state index in [-0.39, 0.29) is 6.04 Å². The summed E-state index contributed by atoms with van der Waals surface area (Å²) in [5.41, 5.74) is 9.11. The highest BCUT2D eigenvalue weighted by atomic mass is 15.1. The molecular weight excluding hydrogens is 234 g/mol. The summed E-state index contributed by atoms with van der Waals surface area (Å²) >= 11 is 0. The predicted octanol–water partition coefficient (Wildman–Crippen LogP) is 2.83. The first-order chi connectivity index (χ1) is 9.29. The average molecular weight is 257 g/mol. The fourth-order valence-corrected chi connectivity index (χ4v) is 6.03. The van der Waals surface area contributed by atoms with Gasteiger partial charge in [0.15, 0.2) is 0 Å². The molecular formula is C16H23N3. The highest BCUT2D eigenvalue weighted by molar-refractivity contribution is 5.27. The molecule has 3 heteroatoms. The standard InChI is InChI=1S/C16H23N3/c17-13-1-2-19-8-18-15(16(13)19)14-11-4-9-3-10(6-11)7-12(14)5-9/h8-14H,1-7,17H2. The first-order valence-corrected chi connectivity index (χ1v) is 8.10. The largest absolute Gasteiger partial charge is 0.333 e. The van der Waals surface area contributed by atoms with Gasteiger partial charge in [-0.1, -0.05) is 0 Å². The molecule has 2 heterocycles. The predicted molar refractivity (Wildman–Crippen MR) is 73.6 cm³/mol. The molecule has 1 unspecified atom stereocenters. The number of aryl methyl sites for hydroxylation is 1. The smallest absolute Gasteiger partial charge is 0.0952 e. The maximum atomic E-state index is 6.32. The summed E-state index contributed by atoms with van der Waals surface area (Å²) in [5.74, 6) is 4.67. The van der Waals surface area contributed by atoms with Gasteiger partial charge in [0.2, 0.25) is 0 Å². The molecule has 3 nitrogen and oxygen atoms in total. The normalized spacial score (nSPS) is 46.8. The zero-order chi connectivity index (χ0) is 12.6. The lowest BCUT2D eigenvalue weighted by Gasteiger charge is -2.54. The number of hydrogen-bond donors (Lipinski definition) is 1. The van der Waals surface area contributed by atoms with Crippen LogP contribution in [0.25, 0.3) is 0 Å². The highest BCUT2D eigenvalue weighted by Crippen LogP contribution is 2.60. The third kappa shape index (κ3) is 1.40. The Morgan fingerprint density at radius 2 is 1.74 bits per heavy atom. The van der Waals surface area contributed by atoms with Crippen molar-refractivity contribution < 1.29 is 0 Å². The second-order valence-electron chi connectivity index (χ2n) is 7.56. The Hall–Kier alpha value is -0.830. The molecule has 2 N–H and O–H groups in total. The van der Waals surface area contributed by atoms with E-state index in [2.05, 4.69) is 10.9 Å². The van der Waals surface area contributed by atoms with E-state index in [1.807, 2.05) is 0 Å². The SMILES string of the molecule is NC1CCn2cnc(C3C4CC5CC(C4)CC3C5)c21. The highest BCUT2D eigenvalue weighted by Gasteiger charge is 2.50. The second-order valence-corrected chi connectivity index (χ2v) is 7.56. The minimum atomic E-state index is 0.245. The van der Waals surface area contributed by atoms with Crippen molar-refractivity contribution >= 4 is 0 Å². The van der Waals surface area contributed by atoms with Gasteiger partial charge in [-0.05, 0) is 62.2 Å². The van der Waals surface area contributed by atoms with Crippen molar-refractivity contribution in [3.8, 4) is 0 Å². The first-order valence-electron chi connectivity index (χ1n) is 8.10. The van der Waals surface area contributed by atoms with Crippen molar-refractivity contribution in [3.63, 3.8) is 0 Å². The molecule has 19 heavy (non-hydrogen) atoms. The monoisotopic (exact) mass is 257 g/mol. The quantitative estimate of drug-likeness (QED) is 0.840. The van der Waals surface area contributed by atoms with Gasteiger partial charge in [0.25, 0.3) is 0 Å². The Balaban J connectivity index is 1.57. The van der Waals surface area contributed by atoms with E-state index in [4.69, 9.17) is 10.7 Å². The Labute approximate surface area is 114 Å². The van der Waals surface area contributed by atoms with E-state index < -0.39 is 0 Å². The van der Waals surface area contributed by atoms with Crippen LogP contribution in [0.4, 0.5) is 0 Å². The zero-order valence-electron chi connectivity index (χ0n) is 11.5. The number of nitrogens with two attached hydrogens (primary N) is 1. The van der Waals surface area contributed by atoms with Crippen molar-refractivity contribution in [3.05, 3.63) is 17.7 Å².